The molecular formula is C14H11Cl2F3N2O. The average molecular weight is 351 g/mol. The van der Waals surface area contributed by atoms with Crippen molar-refractivity contribution in [2.75, 3.05) is 11.9 Å². The zero-order valence-corrected chi connectivity index (χ0v) is 12.5. The van der Waals surface area contributed by atoms with E-state index in [0.717, 1.165) is 6.07 Å². The van der Waals surface area contributed by atoms with Crippen LogP contribution in [0.25, 0.3) is 0 Å². The van der Waals surface area contributed by atoms with Crippen molar-refractivity contribution in [2.45, 2.75) is 12.3 Å². The van der Waals surface area contributed by atoms with Crippen LogP contribution in [0.1, 0.15) is 17.4 Å². The maximum Gasteiger partial charge on any atom is 0.433 e. The second-order valence-electron chi connectivity index (χ2n) is 4.51. The fourth-order valence-electron chi connectivity index (χ4n) is 1.78. The van der Waals surface area contributed by atoms with Crippen molar-refractivity contribution in [3.63, 3.8) is 0 Å². The summed E-state index contributed by atoms with van der Waals surface area (Å²) in [4.78, 5) is 3.45. The van der Waals surface area contributed by atoms with Gasteiger partial charge in [-0.2, -0.15) is 13.2 Å². The Kier molecular flexibility index (Phi) is 5.16. The molecule has 0 bridgehead atoms. The van der Waals surface area contributed by atoms with Gasteiger partial charge in [0.2, 0.25) is 0 Å². The molecule has 0 amide bonds. The molecule has 22 heavy (non-hydrogen) atoms. The summed E-state index contributed by atoms with van der Waals surface area (Å²) in [7, 11) is 0. The number of pyridine rings is 1. The van der Waals surface area contributed by atoms with Crippen molar-refractivity contribution in [2.24, 2.45) is 0 Å². The Bertz CT molecular complexity index is 645. The smallest absolute Gasteiger partial charge is 0.387 e. The maximum absolute atomic E-state index is 12.6. The van der Waals surface area contributed by atoms with Crippen molar-refractivity contribution in [3.05, 3.63) is 57.7 Å². The molecule has 1 aromatic heterocycles. The van der Waals surface area contributed by atoms with Gasteiger partial charge in [-0.3, -0.25) is 0 Å². The Morgan fingerprint density at radius 2 is 1.77 bits per heavy atom. The largest absolute Gasteiger partial charge is 0.433 e. The third-order valence-electron chi connectivity index (χ3n) is 2.79. The number of aliphatic hydroxyl groups is 1. The monoisotopic (exact) mass is 350 g/mol. The van der Waals surface area contributed by atoms with Gasteiger partial charge < -0.3 is 10.4 Å². The summed E-state index contributed by atoms with van der Waals surface area (Å²) in [6.45, 7) is -0.0367. The lowest BCUT2D eigenvalue weighted by molar-refractivity contribution is -0.141. The van der Waals surface area contributed by atoms with Gasteiger partial charge in [-0.25, -0.2) is 4.98 Å². The Labute approximate surface area is 134 Å². The molecule has 2 aromatic rings. The first-order chi connectivity index (χ1) is 10.3. The molecule has 0 saturated heterocycles. The number of nitrogens with one attached hydrogen (secondary N) is 1. The highest BCUT2D eigenvalue weighted by Gasteiger charge is 2.32. The summed E-state index contributed by atoms with van der Waals surface area (Å²) >= 11 is 11.7. The predicted molar refractivity (Wildman–Crippen MR) is 79.2 cm³/mol. The van der Waals surface area contributed by atoms with E-state index in [9.17, 15) is 18.3 Å². The molecule has 1 atom stereocenters. The fraction of sp³-hybridized carbons (Fsp3) is 0.214. The Hall–Kier alpha value is -1.50. The molecule has 0 aliphatic rings. The lowest BCUT2D eigenvalue weighted by Gasteiger charge is -2.14. The van der Waals surface area contributed by atoms with Gasteiger partial charge in [0, 0.05) is 16.6 Å². The first kappa shape index (κ1) is 16.9. The maximum atomic E-state index is 12.6. The van der Waals surface area contributed by atoms with E-state index in [2.05, 4.69) is 10.3 Å². The molecule has 0 saturated carbocycles. The van der Waals surface area contributed by atoms with Gasteiger partial charge in [0.05, 0.1) is 6.10 Å². The number of rotatable bonds is 4. The molecule has 8 heteroatoms. The highest BCUT2D eigenvalue weighted by atomic mass is 35.5. The molecule has 2 N–H and O–H groups in total. The summed E-state index contributed by atoms with van der Waals surface area (Å²) in [6, 6.07) is 8.06. The topological polar surface area (TPSA) is 45.1 Å². The van der Waals surface area contributed by atoms with E-state index >= 15 is 0 Å². The summed E-state index contributed by atoms with van der Waals surface area (Å²) in [5.74, 6) is 0.0157. The molecule has 2 rings (SSSR count). The Morgan fingerprint density at radius 3 is 2.36 bits per heavy atom. The van der Waals surface area contributed by atoms with Gasteiger partial charge in [0.25, 0.3) is 0 Å². The van der Waals surface area contributed by atoms with Gasteiger partial charge in [-0.05, 0) is 35.9 Å². The number of aromatic nitrogens is 1. The molecule has 0 fully saturated rings. The Morgan fingerprint density at radius 1 is 1.14 bits per heavy atom. The second-order valence-corrected chi connectivity index (χ2v) is 5.38. The number of hydrogen-bond acceptors (Lipinski definition) is 3. The van der Waals surface area contributed by atoms with Crippen LogP contribution in [0.3, 0.4) is 0 Å². The van der Waals surface area contributed by atoms with Crippen molar-refractivity contribution < 1.29 is 18.3 Å². The van der Waals surface area contributed by atoms with Crippen LogP contribution in [0.2, 0.25) is 10.0 Å². The van der Waals surface area contributed by atoms with Crippen molar-refractivity contribution in [1.29, 1.82) is 0 Å². The summed E-state index contributed by atoms with van der Waals surface area (Å²) in [5.41, 5.74) is -0.547. The van der Waals surface area contributed by atoms with Crippen LogP contribution in [0, 0.1) is 0 Å². The molecule has 0 radical (unpaired) electrons. The highest BCUT2D eigenvalue weighted by Crippen LogP contribution is 2.28. The number of alkyl halides is 3. The number of anilines is 1. The highest BCUT2D eigenvalue weighted by molar-refractivity contribution is 6.34. The third kappa shape index (κ3) is 4.50. The molecule has 3 nitrogen and oxygen atoms in total. The SMILES string of the molecule is OC(CNc1cccc(C(F)(F)F)n1)c1cc(Cl)cc(Cl)c1. The zero-order chi connectivity index (χ0) is 16.3. The first-order valence-corrected chi connectivity index (χ1v) is 6.93. The van der Waals surface area contributed by atoms with E-state index in [4.69, 9.17) is 23.2 Å². The van der Waals surface area contributed by atoms with Crippen molar-refractivity contribution >= 4 is 29.0 Å². The van der Waals surface area contributed by atoms with E-state index in [1.165, 1.54) is 30.3 Å². The van der Waals surface area contributed by atoms with Gasteiger partial charge >= 0.3 is 6.18 Å². The van der Waals surface area contributed by atoms with Crippen LogP contribution in [-0.4, -0.2) is 16.6 Å². The molecule has 1 aromatic carbocycles. The van der Waals surface area contributed by atoms with Crippen LogP contribution >= 0.6 is 23.2 Å². The molecule has 118 valence electrons. The third-order valence-corrected chi connectivity index (χ3v) is 3.22. The minimum Gasteiger partial charge on any atom is -0.387 e. The van der Waals surface area contributed by atoms with E-state index < -0.39 is 18.0 Å². The first-order valence-electron chi connectivity index (χ1n) is 6.18. The number of nitrogens with zero attached hydrogens (tertiary/aromatic N) is 1. The van der Waals surface area contributed by atoms with Gasteiger partial charge in [-0.1, -0.05) is 29.3 Å². The summed E-state index contributed by atoms with van der Waals surface area (Å²) in [6.07, 6.45) is -5.51. The molecule has 1 heterocycles. The van der Waals surface area contributed by atoms with E-state index in [1.807, 2.05) is 0 Å². The van der Waals surface area contributed by atoms with Crippen LogP contribution in [0.4, 0.5) is 19.0 Å². The lowest BCUT2D eigenvalue weighted by atomic mass is 10.1. The molecule has 1 unspecified atom stereocenters. The van der Waals surface area contributed by atoms with Gasteiger partial charge in [-0.15, -0.1) is 0 Å². The minimum atomic E-state index is -4.52. The zero-order valence-electron chi connectivity index (χ0n) is 11.0. The van der Waals surface area contributed by atoms with Gasteiger partial charge in [0.1, 0.15) is 11.5 Å². The number of benzene rings is 1. The molecule has 0 aliphatic heterocycles. The molecular weight excluding hydrogens is 340 g/mol. The minimum absolute atomic E-state index is 0.0157. The number of aliphatic hydroxyl groups excluding tert-OH is 1. The standard InChI is InChI=1S/C14H11Cl2F3N2O/c15-9-4-8(5-10(16)6-9)11(22)7-20-13-3-1-2-12(21-13)14(17,18)19/h1-6,11,22H,7H2,(H,20,21). The van der Waals surface area contributed by atoms with Crippen LogP contribution < -0.4 is 5.32 Å². The van der Waals surface area contributed by atoms with Crippen LogP contribution in [0.5, 0.6) is 0 Å². The summed E-state index contributed by atoms with van der Waals surface area (Å²) in [5, 5.41) is 13.4. The second kappa shape index (κ2) is 6.73. The van der Waals surface area contributed by atoms with Crippen LogP contribution in [0.15, 0.2) is 36.4 Å². The average Bonchev–Trinajstić information content (AvgIpc) is 2.43. The quantitative estimate of drug-likeness (QED) is 0.849. The predicted octanol–water partition coefficient (Wildman–Crippen LogP) is 4.55. The lowest BCUT2D eigenvalue weighted by Crippen LogP contribution is -2.15. The normalized spacial score (nSPS) is 13.0. The fourth-order valence-corrected chi connectivity index (χ4v) is 2.32. The molecule has 0 aliphatic carbocycles. The van der Waals surface area contributed by atoms with E-state index in [-0.39, 0.29) is 12.4 Å². The Balaban J connectivity index is 2.06. The number of hydrogen-bond donors (Lipinski definition) is 2. The number of halogens is 5. The molecule has 0 spiro atoms. The van der Waals surface area contributed by atoms with Crippen LogP contribution in [-0.2, 0) is 6.18 Å². The van der Waals surface area contributed by atoms with Crippen molar-refractivity contribution in [3.8, 4) is 0 Å². The van der Waals surface area contributed by atoms with E-state index in [1.54, 1.807) is 0 Å². The van der Waals surface area contributed by atoms with E-state index in [0.29, 0.717) is 15.6 Å². The van der Waals surface area contributed by atoms with Crippen molar-refractivity contribution in [1.82, 2.24) is 4.98 Å². The van der Waals surface area contributed by atoms with Gasteiger partial charge in [0.15, 0.2) is 0 Å². The summed E-state index contributed by atoms with van der Waals surface area (Å²) < 4.78 is 37.7.